The molecule has 31 heavy (non-hydrogen) atoms. The van der Waals surface area contributed by atoms with Crippen molar-refractivity contribution < 1.29 is 17.8 Å². The number of pyridine rings is 1. The van der Waals surface area contributed by atoms with Crippen molar-refractivity contribution in [1.82, 2.24) is 14.2 Å². The highest BCUT2D eigenvalue weighted by atomic mass is 35.5. The molecule has 1 aromatic carbocycles. The van der Waals surface area contributed by atoms with E-state index in [0.717, 1.165) is 16.0 Å². The summed E-state index contributed by atoms with van der Waals surface area (Å²) < 4.78 is 29.6. The Kier molecular flexibility index (Phi) is 5.12. The maximum absolute atomic E-state index is 13.1. The zero-order valence-corrected chi connectivity index (χ0v) is 19.1. The second-order valence-corrected chi connectivity index (χ2v) is 11.1. The number of anilines is 1. The summed E-state index contributed by atoms with van der Waals surface area (Å²) in [6.07, 6.45) is 3.92. The van der Waals surface area contributed by atoms with E-state index in [2.05, 4.69) is 10.3 Å². The third-order valence-corrected chi connectivity index (χ3v) is 8.73. The second kappa shape index (κ2) is 7.70. The summed E-state index contributed by atoms with van der Waals surface area (Å²) in [6, 6.07) is 8.76. The highest BCUT2D eigenvalue weighted by molar-refractivity contribution is 8.01. The van der Waals surface area contributed by atoms with Gasteiger partial charge in [0.05, 0.1) is 10.6 Å². The molecule has 0 aliphatic carbocycles. The van der Waals surface area contributed by atoms with Crippen LogP contribution in [0.2, 0.25) is 5.02 Å². The molecule has 1 unspecified atom stereocenters. The van der Waals surface area contributed by atoms with Crippen LogP contribution in [0.1, 0.15) is 0 Å². The first kappa shape index (κ1) is 20.6. The fraction of sp³-hybridized carbons (Fsp3) is 0.300. The summed E-state index contributed by atoms with van der Waals surface area (Å²) in [5.74, 6) is -0.0267. The van der Waals surface area contributed by atoms with Gasteiger partial charge in [-0.15, -0.1) is 0 Å². The molecular formula is C20H21ClN5O3S2+. The molecule has 0 bridgehead atoms. The first-order valence-corrected chi connectivity index (χ1v) is 12.5. The van der Waals surface area contributed by atoms with Crippen molar-refractivity contribution in [3.05, 3.63) is 47.7 Å². The number of fused-ring (bicyclic) bond motifs is 2. The van der Waals surface area contributed by atoms with Gasteiger partial charge >= 0.3 is 0 Å². The van der Waals surface area contributed by atoms with E-state index in [1.54, 1.807) is 29.2 Å². The Morgan fingerprint density at radius 3 is 2.74 bits per heavy atom. The maximum atomic E-state index is 13.1. The van der Waals surface area contributed by atoms with Gasteiger partial charge in [-0.1, -0.05) is 23.4 Å². The molecule has 2 aliphatic heterocycles. The van der Waals surface area contributed by atoms with E-state index in [0.29, 0.717) is 23.6 Å². The van der Waals surface area contributed by atoms with E-state index in [1.807, 2.05) is 30.1 Å². The number of hydrogen-bond acceptors (Lipinski definition) is 5. The molecule has 162 valence electrons. The normalized spacial score (nSPS) is 19.4. The van der Waals surface area contributed by atoms with E-state index in [9.17, 15) is 13.2 Å². The molecule has 0 radical (unpaired) electrons. The molecule has 2 aromatic heterocycles. The number of rotatable bonds is 3. The van der Waals surface area contributed by atoms with E-state index in [4.69, 9.17) is 11.6 Å². The fourth-order valence-corrected chi connectivity index (χ4v) is 6.65. The highest BCUT2D eigenvalue weighted by Gasteiger charge is 2.36. The molecule has 0 spiro atoms. The monoisotopic (exact) mass is 478 g/mol. The Morgan fingerprint density at radius 2 is 1.97 bits per heavy atom. The predicted octanol–water partition coefficient (Wildman–Crippen LogP) is 2.02. The van der Waals surface area contributed by atoms with Gasteiger partial charge in [0.1, 0.15) is 12.1 Å². The lowest BCUT2D eigenvalue weighted by Crippen LogP contribution is -2.53. The third-order valence-electron chi connectivity index (χ3n) is 5.54. The number of H-pyrrole nitrogens is 1. The number of aromatic amines is 1. The highest BCUT2D eigenvalue weighted by Crippen LogP contribution is 2.38. The van der Waals surface area contributed by atoms with E-state index in [1.165, 1.54) is 16.1 Å². The number of piperazine rings is 1. The quantitative estimate of drug-likeness (QED) is 0.562. The molecule has 1 atom stereocenters. The van der Waals surface area contributed by atoms with Crippen LogP contribution in [0.4, 0.5) is 5.69 Å². The number of halogens is 1. The van der Waals surface area contributed by atoms with Crippen molar-refractivity contribution in [3.8, 4) is 0 Å². The van der Waals surface area contributed by atoms with Crippen LogP contribution in [0.15, 0.2) is 52.6 Å². The third kappa shape index (κ3) is 3.78. The number of nitrogens with zero attached hydrogens (tertiary/aromatic N) is 3. The number of hydrogen-bond donors (Lipinski definition) is 2. The van der Waals surface area contributed by atoms with Crippen LogP contribution in [-0.4, -0.2) is 60.1 Å². The molecule has 5 rings (SSSR count). The van der Waals surface area contributed by atoms with Crippen LogP contribution in [0.3, 0.4) is 0 Å². The second-order valence-electron chi connectivity index (χ2n) is 7.62. The van der Waals surface area contributed by atoms with Gasteiger partial charge in [-0.25, -0.2) is 13.0 Å². The molecular weight excluding hydrogens is 458 g/mol. The van der Waals surface area contributed by atoms with Crippen LogP contribution >= 0.6 is 23.4 Å². The van der Waals surface area contributed by atoms with Crippen LogP contribution in [0.25, 0.3) is 10.9 Å². The summed E-state index contributed by atoms with van der Waals surface area (Å²) >= 11 is 7.50. The number of thioether (sulfide) groups is 1. The number of aryl methyl sites for hydroxylation is 1. The zero-order valence-electron chi connectivity index (χ0n) is 16.7. The fourth-order valence-electron chi connectivity index (χ4n) is 3.86. The zero-order chi connectivity index (χ0) is 21.8. The van der Waals surface area contributed by atoms with Crippen LogP contribution in [0.5, 0.6) is 0 Å². The van der Waals surface area contributed by atoms with Gasteiger partial charge in [0.25, 0.3) is 15.9 Å². The number of nitrogens with one attached hydrogen (secondary N) is 2. The molecule has 11 heteroatoms. The molecule has 2 N–H and O–H groups in total. The summed E-state index contributed by atoms with van der Waals surface area (Å²) in [7, 11) is -1.74. The Labute approximate surface area is 189 Å². The SMILES string of the molecule is C[n+]1ccc2c(c1)SC(C(=O)N1CCN(S(=O)(=O)c3cc4cc(Cl)ccc4[nH]3)CC1)N2. The van der Waals surface area contributed by atoms with E-state index >= 15 is 0 Å². The maximum Gasteiger partial charge on any atom is 0.258 e. The van der Waals surface area contributed by atoms with Gasteiger partial charge in [0, 0.05) is 48.2 Å². The van der Waals surface area contributed by atoms with E-state index < -0.39 is 10.0 Å². The molecule has 2 aliphatic rings. The molecule has 1 fully saturated rings. The average molecular weight is 479 g/mol. The Balaban J connectivity index is 1.26. The smallest absolute Gasteiger partial charge is 0.258 e. The molecule has 4 heterocycles. The molecule has 1 saturated heterocycles. The summed E-state index contributed by atoms with van der Waals surface area (Å²) in [5.41, 5.74) is 1.66. The molecule has 8 nitrogen and oxygen atoms in total. The van der Waals surface area contributed by atoms with Gasteiger partial charge in [0.15, 0.2) is 17.8 Å². The first-order chi connectivity index (χ1) is 14.8. The number of aromatic nitrogens is 2. The van der Waals surface area contributed by atoms with Gasteiger partial charge in [-0.3, -0.25) is 4.79 Å². The lowest BCUT2D eigenvalue weighted by atomic mass is 10.2. The lowest BCUT2D eigenvalue weighted by molar-refractivity contribution is -0.673. The van der Waals surface area contributed by atoms with Gasteiger partial charge in [-0.05, 0) is 24.3 Å². The van der Waals surface area contributed by atoms with E-state index in [-0.39, 0.29) is 29.4 Å². The molecule has 1 amide bonds. The predicted molar refractivity (Wildman–Crippen MR) is 120 cm³/mol. The molecule has 3 aromatic rings. The number of sulfonamides is 1. The van der Waals surface area contributed by atoms with Crippen molar-refractivity contribution in [2.75, 3.05) is 31.5 Å². The van der Waals surface area contributed by atoms with Crippen molar-refractivity contribution >= 4 is 55.9 Å². The summed E-state index contributed by atoms with van der Waals surface area (Å²) in [5, 5.41) is 4.31. The van der Waals surface area contributed by atoms with Crippen molar-refractivity contribution in [1.29, 1.82) is 0 Å². The van der Waals surface area contributed by atoms with Crippen LogP contribution < -0.4 is 9.88 Å². The Hall–Kier alpha value is -2.27. The standard InChI is InChI=1S/C20H20ClN5O3S2/c1-24-5-4-16-17(12-24)30-19(23-16)20(27)25-6-8-26(9-7-25)31(28,29)18-11-13-10-14(21)2-3-15(13)22-18/h2-5,10-12,19,22H,6-9H2,1H3/p+1. The van der Waals surface area contributed by atoms with Gasteiger partial charge in [-0.2, -0.15) is 4.31 Å². The van der Waals surface area contributed by atoms with Gasteiger partial charge < -0.3 is 15.2 Å². The van der Waals surface area contributed by atoms with Crippen LogP contribution in [0, 0.1) is 0 Å². The summed E-state index contributed by atoms with van der Waals surface area (Å²) in [6.45, 7) is 1.22. The number of carbonyl (C=O) groups is 1. The van der Waals surface area contributed by atoms with Crippen LogP contribution in [-0.2, 0) is 21.9 Å². The van der Waals surface area contributed by atoms with Crippen molar-refractivity contribution in [3.63, 3.8) is 0 Å². The Morgan fingerprint density at radius 1 is 1.19 bits per heavy atom. The van der Waals surface area contributed by atoms with Crippen molar-refractivity contribution in [2.24, 2.45) is 7.05 Å². The minimum absolute atomic E-state index is 0.0267. The number of amides is 1. The minimum Gasteiger partial charge on any atom is -0.364 e. The Bertz CT molecular complexity index is 1290. The number of carbonyl (C=O) groups excluding carboxylic acids is 1. The topological polar surface area (TPSA) is 89.4 Å². The number of benzene rings is 1. The first-order valence-electron chi connectivity index (χ1n) is 9.81. The van der Waals surface area contributed by atoms with Crippen molar-refractivity contribution in [2.45, 2.75) is 15.3 Å². The lowest BCUT2D eigenvalue weighted by Gasteiger charge is -2.34. The van der Waals surface area contributed by atoms with Gasteiger partial charge in [0.2, 0.25) is 0 Å². The molecule has 0 saturated carbocycles. The summed E-state index contributed by atoms with van der Waals surface area (Å²) in [4.78, 5) is 18.7. The average Bonchev–Trinajstić information content (AvgIpc) is 3.37. The largest absolute Gasteiger partial charge is 0.364 e. The minimum atomic E-state index is -3.68.